The molecule has 1 aromatic carbocycles. The minimum atomic E-state index is -1.01. The molecule has 0 bridgehead atoms. The Balaban J connectivity index is 2.30. The molecule has 0 spiro atoms. The Hall–Kier alpha value is -2.82. The van der Waals surface area contributed by atoms with Gasteiger partial charge in [-0.2, -0.15) is 0 Å². The van der Waals surface area contributed by atoms with Crippen LogP contribution in [0.1, 0.15) is 19.5 Å². The molecule has 3 rings (SSSR count). The van der Waals surface area contributed by atoms with Gasteiger partial charge in [-0.15, -0.1) is 0 Å². The van der Waals surface area contributed by atoms with E-state index in [2.05, 4.69) is 4.74 Å². The molecule has 5 nitrogen and oxygen atoms in total. The SMILES string of the molecule is COC(=O)C1=C(O)c2ccc(-c3ccccc3)n2C(C)(C)C1=O. The summed E-state index contributed by atoms with van der Waals surface area (Å²) in [7, 11) is 1.19. The van der Waals surface area contributed by atoms with Gasteiger partial charge < -0.3 is 14.4 Å². The Labute approximate surface area is 133 Å². The highest BCUT2D eigenvalue weighted by Crippen LogP contribution is 2.39. The fourth-order valence-electron chi connectivity index (χ4n) is 2.99. The maximum Gasteiger partial charge on any atom is 0.345 e. The van der Waals surface area contributed by atoms with Crippen molar-refractivity contribution in [3.05, 3.63) is 53.7 Å². The molecule has 0 fully saturated rings. The third kappa shape index (κ3) is 2.08. The second kappa shape index (κ2) is 5.12. The second-order valence-corrected chi connectivity index (χ2v) is 5.91. The highest BCUT2D eigenvalue weighted by molar-refractivity contribution is 6.25. The van der Waals surface area contributed by atoms with Gasteiger partial charge in [-0.1, -0.05) is 30.3 Å². The van der Waals surface area contributed by atoms with Crippen molar-refractivity contribution in [1.29, 1.82) is 0 Å². The number of methoxy groups -OCH3 is 1. The predicted molar refractivity (Wildman–Crippen MR) is 85.8 cm³/mol. The van der Waals surface area contributed by atoms with Crippen molar-refractivity contribution in [2.45, 2.75) is 19.4 Å². The van der Waals surface area contributed by atoms with E-state index in [4.69, 9.17) is 0 Å². The topological polar surface area (TPSA) is 68.5 Å². The van der Waals surface area contributed by atoms with Crippen LogP contribution in [-0.4, -0.2) is 28.5 Å². The summed E-state index contributed by atoms with van der Waals surface area (Å²) >= 11 is 0. The highest BCUT2D eigenvalue weighted by Gasteiger charge is 2.44. The molecule has 0 atom stereocenters. The largest absolute Gasteiger partial charge is 0.505 e. The van der Waals surface area contributed by atoms with Crippen molar-refractivity contribution in [3.8, 4) is 11.3 Å². The van der Waals surface area contributed by atoms with Crippen LogP contribution >= 0.6 is 0 Å². The zero-order valence-electron chi connectivity index (χ0n) is 13.2. The molecule has 2 heterocycles. The summed E-state index contributed by atoms with van der Waals surface area (Å²) in [5.41, 5.74) is 0.833. The highest BCUT2D eigenvalue weighted by atomic mass is 16.5. The molecule has 1 aliphatic heterocycles. The molecule has 0 amide bonds. The molecule has 0 radical (unpaired) electrons. The molecule has 2 aromatic rings. The van der Waals surface area contributed by atoms with E-state index in [-0.39, 0.29) is 11.3 Å². The number of ether oxygens (including phenoxy) is 1. The number of aliphatic hydroxyl groups excluding tert-OH is 1. The lowest BCUT2D eigenvalue weighted by atomic mass is 9.87. The van der Waals surface area contributed by atoms with Crippen LogP contribution in [0.2, 0.25) is 0 Å². The van der Waals surface area contributed by atoms with Crippen molar-refractivity contribution in [1.82, 2.24) is 4.57 Å². The summed E-state index contributed by atoms with van der Waals surface area (Å²) in [5.74, 6) is -1.64. The van der Waals surface area contributed by atoms with Gasteiger partial charge in [0.2, 0.25) is 0 Å². The van der Waals surface area contributed by atoms with Crippen molar-refractivity contribution in [2.24, 2.45) is 0 Å². The van der Waals surface area contributed by atoms with Crippen LogP contribution in [0.25, 0.3) is 17.0 Å². The number of rotatable bonds is 2. The van der Waals surface area contributed by atoms with Gasteiger partial charge in [0.15, 0.2) is 11.5 Å². The van der Waals surface area contributed by atoms with E-state index in [1.165, 1.54) is 7.11 Å². The van der Waals surface area contributed by atoms with Crippen LogP contribution in [0.15, 0.2) is 48.0 Å². The average molecular weight is 311 g/mol. The summed E-state index contributed by atoms with van der Waals surface area (Å²) in [4.78, 5) is 24.7. The normalized spacial score (nSPS) is 16.2. The first-order valence-electron chi connectivity index (χ1n) is 7.24. The summed E-state index contributed by atoms with van der Waals surface area (Å²) in [6.07, 6.45) is 0. The first-order chi connectivity index (χ1) is 10.9. The van der Waals surface area contributed by atoms with Gasteiger partial charge in [-0.3, -0.25) is 4.79 Å². The van der Waals surface area contributed by atoms with Gasteiger partial charge in [0.1, 0.15) is 11.1 Å². The van der Waals surface area contributed by atoms with E-state index in [1.54, 1.807) is 24.5 Å². The van der Waals surface area contributed by atoms with Gasteiger partial charge in [-0.25, -0.2) is 4.79 Å². The lowest BCUT2D eigenvalue weighted by Gasteiger charge is -2.34. The van der Waals surface area contributed by atoms with Gasteiger partial charge in [0.05, 0.1) is 12.8 Å². The van der Waals surface area contributed by atoms with E-state index < -0.39 is 17.3 Å². The molecule has 1 aliphatic rings. The average Bonchev–Trinajstić information content (AvgIpc) is 3.00. The van der Waals surface area contributed by atoms with Gasteiger partial charge in [-0.05, 0) is 31.5 Å². The van der Waals surface area contributed by atoms with Gasteiger partial charge in [0, 0.05) is 5.69 Å². The molecular formula is C18H17NO4. The molecule has 118 valence electrons. The van der Waals surface area contributed by atoms with Crippen molar-refractivity contribution in [3.63, 3.8) is 0 Å². The van der Waals surface area contributed by atoms with Crippen molar-refractivity contribution >= 4 is 17.5 Å². The number of hydrogen-bond donors (Lipinski definition) is 1. The fraction of sp³-hybridized carbons (Fsp3) is 0.222. The molecule has 1 N–H and O–H groups in total. The lowest BCUT2D eigenvalue weighted by molar-refractivity contribution is -0.139. The fourth-order valence-corrected chi connectivity index (χ4v) is 2.99. The zero-order chi connectivity index (χ0) is 16.8. The third-order valence-corrected chi connectivity index (χ3v) is 4.16. The Morgan fingerprint density at radius 2 is 1.70 bits per heavy atom. The van der Waals surface area contributed by atoms with E-state index >= 15 is 0 Å². The minimum Gasteiger partial charge on any atom is -0.505 e. The quantitative estimate of drug-likeness (QED) is 0.684. The first kappa shape index (κ1) is 15.1. The zero-order valence-corrected chi connectivity index (χ0v) is 13.2. The number of Topliss-reactive ketones (excluding diaryl/α,β-unsaturated/α-hetero) is 1. The molecule has 5 heteroatoms. The summed E-state index contributed by atoms with van der Waals surface area (Å²) < 4.78 is 6.40. The third-order valence-electron chi connectivity index (χ3n) is 4.16. The molecular weight excluding hydrogens is 294 g/mol. The molecule has 0 saturated heterocycles. The Morgan fingerprint density at radius 3 is 2.30 bits per heavy atom. The van der Waals surface area contributed by atoms with E-state index in [1.807, 2.05) is 36.4 Å². The van der Waals surface area contributed by atoms with Crippen LogP contribution in [0, 0.1) is 0 Å². The van der Waals surface area contributed by atoms with E-state index in [0.29, 0.717) is 5.69 Å². The van der Waals surface area contributed by atoms with Crippen molar-refractivity contribution in [2.75, 3.05) is 7.11 Å². The van der Waals surface area contributed by atoms with Crippen LogP contribution in [-0.2, 0) is 19.9 Å². The standard InChI is InChI=1S/C18H17NO4/c1-18(2)16(21)14(17(22)23-3)15(20)13-10-9-12(19(13)18)11-7-5-4-6-8-11/h4-10,20H,1-3H3. The first-order valence-corrected chi connectivity index (χ1v) is 7.24. The number of benzene rings is 1. The van der Waals surface area contributed by atoms with Crippen molar-refractivity contribution < 1.29 is 19.4 Å². The Morgan fingerprint density at radius 1 is 1.09 bits per heavy atom. The Bertz CT molecular complexity index is 828. The number of fused-ring (bicyclic) bond motifs is 1. The van der Waals surface area contributed by atoms with Crippen LogP contribution in [0.5, 0.6) is 0 Å². The summed E-state index contributed by atoms with van der Waals surface area (Å²) in [6.45, 7) is 3.45. The second-order valence-electron chi connectivity index (χ2n) is 5.91. The minimum absolute atomic E-state index is 0.303. The number of carbonyl (C=O) groups is 2. The lowest BCUT2D eigenvalue weighted by Crippen LogP contribution is -2.43. The molecule has 0 saturated carbocycles. The summed E-state index contributed by atoms with van der Waals surface area (Å²) in [5, 5.41) is 10.4. The number of esters is 1. The van der Waals surface area contributed by atoms with Gasteiger partial charge in [0.25, 0.3) is 0 Å². The maximum atomic E-state index is 12.8. The maximum absolute atomic E-state index is 12.8. The Kier molecular flexibility index (Phi) is 3.36. The van der Waals surface area contributed by atoms with Gasteiger partial charge >= 0.3 is 5.97 Å². The number of hydrogen-bond acceptors (Lipinski definition) is 4. The van der Waals surface area contributed by atoms with Crippen LogP contribution < -0.4 is 0 Å². The molecule has 0 aliphatic carbocycles. The van der Waals surface area contributed by atoms with Crippen LogP contribution in [0.4, 0.5) is 0 Å². The molecule has 1 aromatic heterocycles. The van der Waals surface area contributed by atoms with E-state index in [9.17, 15) is 14.7 Å². The smallest absolute Gasteiger partial charge is 0.345 e. The number of aromatic nitrogens is 1. The number of ketones is 1. The summed E-state index contributed by atoms with van der Waals surface area (Å²) in [6, 6.07) is 13.1. The van der Waals surface area contributed by atoms with E-state index in [0.717, 1.165) is 11.3 Å². The number of aliphatic hydroxyl groups is 1. The monoisotopic (exact) mass is 311 g/mol. The predicted octanol–water partition coefficient (Wildman–Crippen LogP) is 2.92. The molecule has 23 heavy (non-hydrogen) atoms. The van der Waals surface area contributed by atoms with Crippen LogP contribution in [0.3, 0.4) is 0 Å². The number of carbonyl (C=O) groups excluding carboxylic acids is 2. The molecule has 0 unspecified atom stereocenters. The number of nitrogens with zero attached hydrogens (tertiary/aromatic N) is 1.